The van der Waals surface area contributed by atoms with E-state index >= 15 is 0 Å². The molecule has 0 aromatic heterocycles. The highest BCUT2D eigenvalue weighted by Gasteiger charge is 2.32. The summed E-state index contributed by atoms with van der Waals surface area (Å²) in [6, 6.07) is 21.4. The molecule has 0 saturated carbocycles. The van der Waals surface area contributed by atoms with Crippen LogP contribution in [0.15, 0.2) is 72.1 Å². The first-order chi connectivity index (χ1) is 10.2. The van der Waals surface area contributed by atoms with Crippen molar-refractivity contribution in [1.29, 1.82) is 0 Å². The Kier molecular flexibility index (Phi) is 5.51. The van der Waals surface area contributed by atoms with E-state index in [0.717, 1.165) is 6.54 Å². The Bertz CT molecular complexity index is 637. The minimum atomic E-state index is 0. The molecule has 2 aromatic carbocycles. The van der Waals surface area contributed by atoms with Crippen molar-refractivity contribution >= 4 is 24.0 Å². The lowest BCUT2D eigenvalue weighted by molar-refractivity contribution is 0.156. The summed E-state index contributed by atoms with van der Waals surface area (Å²) in [4.78, 5) is 4.85. The molecule has 116 valence electrons. The van der Waals surface area contributed by atoms with E-state index in [2.05, 4.69) is 91.4 Å². The normalized spacial score (nSPS) is 17.7. The standard InChI is InChI=1S/C19H22N2.HI/c1-15-16(2)21(14-17-10-6-4-7-11-17)19(20(15)3)18-12-8-5-9-13-18;/h4-13,19H,14H2,1-3H3;1H. The highest BCUT2D eigenvalue weighted by Crippen LogP contribution is 2.38. The predicted molar refractivity (Wildman–Crippen MR) is 103 cm³/mol. The first-order valence-electron chi connectivity index (χ1n) is 7.44. The maximum Gasteiger partial charge on any atom is 0.128 e. The van der Waals surface area contributed by atoms with Gasteiger partial charge in [0.1, 0.15) is 6.17 Å². The average molecular weight is 406 g/mol. The van der Waals surface area contributed by atoms with Crippen LogP contribution < -0.4 is 0 Å². The number of nitrogens with zero attached hydrogens (tertiary/aromatic N) is 2. The molecule has 0 bridgehead atoms. The van der Waals surface area contributed by atoms with Crippen molar-refractivity contribution in [2.75, 3.05) is 7.05 Å². The maximum atomic E-state index is 2.49. The number of allylic oxidation sites excluding steroid dienone is 2. The van der Waals surface area contributed by atoms with Crippen molar-refractivity contribution in [3.63, 3.8) is 0 Å². The summed E-state index contributed by atoms with van der Waals surface area (Å²) >= 11 is 0. The van der Waals surface area contributed by atoms with Gasteiger partial charge in [0, 0.05) is 25.0 Å². The summed E-state index contributed by atoms with van der Waals surface area (Å²) in [6.45, 7) is 5.36. The van der Waals surface area contributed by atoms with E-state index in [9.17, 15) is 0 Å². The van der Waals surface area contributed by atoms with Gasteiger partial charge in [0.2, 0.25) is 0 Å². The van der Waals surface area contributed by atoms with E-state index in [4.69, 9.17) is 0 Å². The molecule has 0 aliphatic carbocycles. The summed E-state index contributed by atoms with van der Waals surface area (Å²) in [6.07, 6.45) is 0.284. The van der Waals surface area contributed by atoms with Crippen LogP contribution in [-0.4, -0.2) is 16.8 Å². The van der Waals surface area contributed by atoms with Crippen molar-refractivity contribution in [2.24, 2.45) is 0 Å². The third kappa shape index (κ3) is 3.14. The van der Waals surface area contributed by atoms with Gasteiger partial charge in [-0.3, -0.25) is 0 Å². The van der Waals surface area contributed by atoms with Crippen LogP contribution in [0.5, 0.6) is 0 Å². The summed E-state index contributed by atoms with van der Waals surface area (Å²) in [5, 5.41) is 0. The molecule has 1 unspecified atom stereocenters. The fourth-order valence-corrected chi connectivity index (χ4v) is 3.05. The minimum absolute atomic E-state index is 0. The number of benzene rings is 2. The third-order valence-electron chi connectivity index (χ3n) is 4.44. The molecule has 3 heteroatoms. The monoisotopic (exact) mass is 406 g/mol. The van der Waals surface area contributed by atoms with E-state index in [1.54, 1.807) is 0 Å². The van der Waals surface area contributed by atoms with E-state index in [-0.39, 0.29) is 30.1 Å². The van der Waals surface area contributed by atoms with Gasteiger partial charge in [-0.15, -0.1) is 24.0 Å². The van der Waals surface area contributed by atoms with Gasteiger partial charge in [0.25, 0.3) is 0 Å². The molecule has 0 fully saturated rings. The van der Waals surface area contributed by atoms with Crippen LogP contribution in [0.4, 0.5) is 0 Å². The molecular weight excluding hydrogens is 383 g/mol. The molecule has 2 aromatic rings. The molecule has 1 atom stereocenters. The van der Waals surface area contributed by atoms with Crippen LogP contribution in [0, 0.1) is 0 Å². The highest BCUT2D eigenvalue weighted by molar-refractivity contribution is 14.0. The Morgan fingerprint density at radius 1 is 0.818 bits per heavy atom. The van der Waals surface area contributed by atoms with Crippen LogP contribution in [0.25, 0.3) is 0 Å². The largest absolute Gasteiger partial charge is 0.353 e. The van der Waals surface area contributed by atoms with Gasteiger partial charge in [0.05, 0.1) is 0 Å². The van der Waals surface area contributed by atoms with Crippen molar-refractivity contribution in [1.82, 2.24) is 9.80 Å². The lowest BCUT2D eigenvalue weighted by Gasteiger charge is -2.33. The fraction of sp³-hybridized carbons (Fsp3) is 0.263. The Morgan fingerprint density at radius 3 is 1.95 bits per heavy atom. The molecular formula is C19H23IN2. The lowest BCUT2D eigenvalue weighted by Crippen LogP contribution is -2.30. The van der Waals surface area contributed by atoms with Gasteiger partial charge in [-0.25, -0.2) is 0 Å². The van der Waals surface area contributed by atoms with Crippen molar-refractivity contribution < 1.29 is 0 Å². The molecule has 0 saturated heterocycles. The highest BCUT2D eigenvalue weighted by atomic mass is 127. The van der Waals surface area contributed by atoms with Crippen LogP contribution in [-0.2, 0) is 6.54 Å². The van der Waals surface area contributed by atoms with Gasteiger partial charge in [-0.05, 0) is 25.0 Å². The van der Waals surface area contributed by atoms with Gasteiger partial charge in [-0.2, -0.15) is 0 Å². The van der Waals surface area contributed by atoms with Crippen LogP contribution in [0.3, 0.4) is 0 Å². The number of halogens is 1. The molecule has 1 aliphatic heterocycles. The Morgan fingerprint density at radius 2 is 1.36 bits per heavy atom. The molecule has 0 radical (unpaired) electrons. The van der Waals surface area contributed by atoms with Crippen molar-refractivity contribution in [3.8, 4) is 0 Å². The summed E-state index contributed by atoms with van der Waals surface area (Å²) in [5.74, 6) is 0. The lowest BCUT2D eigenvalue weighted by atomic mass is 10.1. The second-order valence-corrected chi connectivity index (χ2v) is 5.68. The van der Waals surface area contributed by atoms with Crippen molar-refractivity contribution in [3.05, 3.63) is 83.2 Å². The minimum Gasteiger partial charge on any atom is -0.353 e. The topological polar surface area (TPSA) is 6.48 Å². The molecule has 2 nitrogen and oxygen atoms in total. The Balaban J connectivity index is 0.00000176. The quantitative estimate of drug-likeness (QED) is 0.662. The van der Waals surface area contributed by atoms with E-state index < -0.39 is 0 Å². The number of rotatable bonds is 3. The van der Waals surface area contributed by atoms with Gasteiger partial charge >= 0.3 is 0 Å². The second-order valence-electron chi connectivity index (χ2n) is 5.68. The zero-order chi connectivity index (χ0) is 14.8. The predicted octanol–water partition coefficient (Wildman–Crippen LogP) is 5.00. The molecule has 0 N–H and O–H groups in total. The number of hydrogen-bond donors (Lipinski definition) is 0. The van der Waals surface area contributed by atoms with E-state index in [1.165, 1.54) is 22.5 Å². The van der Waals surface area contributed by atoms with Gasteiger partial charge < -0.3 is 9.80 Å². The van der Waals surface area contributed by atoms with Gasteiger partial charge in [-0.1, -0.05) is 60.7 Å². The van der Waals surface area contributed by atoms with Crippen molar-refractivity contribution in [2.45, 2.75) is 26.6 Å². The van der Waals surface area contributed by atoms with Crippen LogP contribution in [0.1, 0.15) is 31.1 Å². The second kappa shape index (κ2) is 7.18. The Labute approximate surface area is 150 Å². The third-order valence-corrected chi connectivity index (χ3v) is 4.44. The zero-order valence-corrected chi connectivity index (χ0v) is 15.7. The molecule has 1 aliphatic rings. The van der Waals surface area contributed by atoms with E-state index in [0.29, 0.717) is 0 Å². The van der Waals surface area contributed by atoms with E-state index in [1.807, 2.05) is 0 Å². The first-order valence-corrected chi connectivity index (χ1v) is 7.44. The average Bonchev–Trinajstić information content (AvgIpc) is 2.74. The molecule has 22 heavy (non-hydrogen) atoms. The number of hydrogen-bond acceptors (Lipinski definition) is 2. The van der Waals surface area contributed by atoms with Crippen LogP contribution in [0.2, 0.25) is 0 Å². The molecule has 1 heterocycles. The summed E-state index contributed by atoms with van der Waals surface area (Å²) < 4.78 is 0. The van der Waals surface area contributed by atoms with Crippen LogP contribution >= 0.6 is 24.0 Å². The molecule has 3 rings (SSSR count). The first kappa shape index (κ1) is 16.9. The smallest absolute Gasteiger partial charge is 0.128 e. The maximum absolute atomic E-state index is 2.49. The summed E-state index contributed by atoms with van der Waals surface area (Å²) in [7, 11) is 2.18. The molecule has 0 spiro atoms. The molecule has 0 amide bonds. The SMILES string of the molecule is CC1=C(C)N(Cc2ccccc2)C(c2ccccc2)N1C.I. The zero-order valence-electron chi connectivity index (χ0n) is 13.4. The summed E-state index contributed by atoms with van der Waals surface area (Å²) in [5.41, 5.74) is 5.39. The Hall–Kier alpha value is -1.49. The fourth-order valence-electron chi connectivity index (χ4n) is 3.05. The van der Waals surface area contributed by atoms with Gasteiger partial charge in [0.15, 0.2) is 0 Å².